The Labute approximate surface area is 143 Å². The molecule has 11 heteroatoms. The molecule has 0 saturated carbocycles. The standard InChI is InChI=1S/C13H25NO8S2/c1-9(8-23(5,17)18)7-10(11(15)22-24(6,19)20)14-12(16)21-13(2,3)4/h9-10H,7-8H2,1-6H3,(H,14,16)/t9-,10-/m0/s1. The molecule has 0 bridgehead atoms. The molecule has 0 aromatic rings. The Morgan fingerprint density at radius 2 is 1.58 bits per heavy atom. The van der Waals surface area contributed by atoms with E-state index in [1.807, 2.05) is 0 Å². The maximum absolute atomic E-state index is 11.9. The molecule has 0 aliphatic carbocycles. The Kier molecular flexibility index (Phi) is 7.68. The number of alkyl carbamates (subject to hydrolysis) is 1. The third kappa shape index (κ3) is 12.1. The molecule has 0 aliphatic rings. The van der Waals surface area contributed by atoms with Crippen molar-refractivity contribution in [2.45, 2.75) is 45.8 Å². The maximum atomic E-state index is 11.9. The lowest BCUT2D eigenvalue weighted by Crippen LogP contribution is -2.45. The van der Waals surface area contributed by atoms with Gasteiger partial charge in [0.1, 0.15) is 21.5 Å². The highest BCUT2D eigenvalue weighted by molar-refractivity contribution is 7.90. The fraction of sp³-hybridized carbons (Fsp3) is 0.846. The highest BCUT2D eigenvalue weighted by atomic mass is 32.2. The fourth-order valence-corrected chi connectivity index (χ4v) is 3.44. The van der Waals surface area contributed by atoms with E-state index in [4.69, 9.17) is 4.74 Å². The average molecular weight is 387 g/mol. The molecule has 0 fully saturated rings. The zero-order valence-electron chi connectivity index (χ0n) is 14.7. The predicted octanol–water partition coefficient (Wildman–Crippen LogP) is 0.453. The Balaban J connectivity index is 5.15. The summed E-state index contributed by atoms with van der Waals surface area (Å²) in [6.07, 6.45) is 0.662. The topological polar surface area (TPSA) is 133 Å². The zero-order valence-corrected chi connectivity index (χ0v) is 16.3. The molecule has 0 aliphatic heterocycles. The van der Waals surface area contributed by atoms with E-state index in [9.17, 15) is 26.4 Å². The molecule has 0 unspecified atom stereocenters. The van der Waals surface area contributed by atoms with Crippen molar-refractivity contribution in [3.63, 3.8) is 0 Å². The summed E-state index contributed by atoms with van der Waals surface area (Å²) in [4.78, 5) is 23.7. The number of hydrogen-bond acceptors (Lipinski definition) is 8. The van der Waals surface area contributed by atoms with Gasteiger partial charge < -0.3 is 14.2 Å². The molecule has 0 aromatic carbocycles. The summed E-state index contributed by atoms with van der Waals surface area (Å²) in [6, 6.07) is -1.36. The summed E-state index contributed by atoms with van der Waals surface area (Å²) in [5, 5.41) is 2.22. The monoisotopic (exact) mass is 387 g/mol. The van der Waals surface area contributed by atoms with Gasteiger partial charge in [-0.3, -0.25) is 0 Å². The van der Waals surface area contributed by atoms with E-state index in [0.717, 1.165) is 6.26 Å². The number of rotatable bonds is 7. The normalized spacial score (nSPS) is 15.2. The molecular formula is C13H25NO8S2. The van der Waals surface area contributed by atoms with E-state index in [-0.39, 0.29) is 12.2 Å². The van der Waals surface area contributed by atoms with Crippen molar-refractivity contribution in [1.82, 2.24) is 5.32 Å². The van der Waals surface area contributed by atoms with Crippen LogP contribution < -0.4 is 5.32 Å². The number of hydrogen-bond donors (Lipinski definition) is 1. The number of sulfone groups is 1. The lowest BCUT2D eigenvalue weighted by molar-refractivity contribution is -0.136. The number of carbonyl (C=O) groups is 2. The molecule has 0 saturated heterocycles. The van der Waals surface area contributed by atoms with E-state index in [0.29, 0.717) is 6.26 Å². The van der Waals surface area contributed by atoms with Crippen molar-refractivity contribution >= 4 is 32.0 Å². The van der Waals surface area contributed by atoms with Gasteiger partial charge in [0.05, 0.1) is 12.0 Å². The van der Waals surface area contributed by atoms with Gasteiger partial charge in [-0.2, -0.15) is 8.42 Å². The van der Waals surface area contributed by atoms with Crippen molar-refractivity contribution < 1.29 is 35.3 Å². The van der Waals surface area contributed by atoms with Gasteiger partial charge in [0.15, 0.2) is 0 Å². The Hall–Kier alpha value is -1.36. The SMILES string of the molecule is C[C@@H](C[C@H](NC(=O)OC(C)(C)C)C(=O)OS(C)(=O)=O)CS(C)(=O)=O. The minimum Gasteiger partial charge on any atom is -0.444 e. The molecule has 1 N–H and O–H groups in total. The molecular weight excluding hydrogens is 362 g/mol. The molecule has 0 aromatic heterocycles. The molecule has 2 atom stereocenters. The summed E-state index contributed by atoms with van der Waals surface area (Å²) >= 11 is 0. The van der Waals surface area contributed by atoms with E-state index in [1.165, 1.54) is 0 Å². The molecule has 1 amide bonds. The molecule has 24 heavy (non-hydrogen) atoms. The molecule has 0 heterocycles. The lowest BCUT2D eigenvalue weighted by atomic mass is 10.0. The second kappa shape index (κ2) is 8.15. The van der Waals surface area contributed by atoms with E-state index in [1.54, 1.807) is 27.7 Å². The van der Waals surface area contributed by atoms with Crippen LogP contribution >= 0.6 is 0 Å². The van der Waals surface area contributed by atoms with Gasteiger partial charge in [-0.25, -0.2) is 18.0 Å². The van der Waals surface area contributed by atoms with Crippen LogP contribution in [-0.2, 0) is 33.7 Å². The maximum Gasteiger partial charge on any atom is 0.408 e. The van der Waals surface area contributed by atoms with Crippen molar-refractivity contribution in [2.24, 2.45) is 5.92 Å². The van der Waals surface area contributed by atoms with Gasteiger partial charge >= 0.3 is 22.2 Å². The van der Waals surface area contributed by atoms with Crippen molar-refractivity contribution in [3.8, 4) is 0 Å². The van der Waals surface area contributed by atoms with E-state index >= 15 is 0 Å². The van der Waals surface area contributed by atoms with Crippen LogP contribution in [0.2, 0.25) is 0 Å². The summed E-state index contributed by atoms with van der Waals surface area (Å²) in [5.74, 6) is -1.96. The van der Waals surface area contributed by atoms with Gasteiger partial charge in [0.25, 0.3) is 0 Å². The van der Waals surface area contributed by atoms with Crippen LogP contribution in [0.4, 0.5) is 4.79 Å². The van der Waals surface area contributed by atoms with Crippen molar-refractivity contribution in [2.75, 3.05) is 18.3 Å². The van der Waals surface area contributed by atoms with Gasteiger partial charge in [-0.15, -0.1) is 0 Å². The molecule has 0 radical (unpaired) electrons. The lowest BCUT2D eigenvalue weighted by Gasteiger charge is -2.24. The van der Waals surface area contributed by atoms with Gasteiger partial charge in [0, 0.05) is 6.26 Å². The smallest absolute Gasteiger partial charge is 0.408 e. The zero-order chi connectivity index (χ0) is 19.3. The first-order valence-corrected chi connectivity index (χ1v) is 11.0. The van der Waals surface area contributed by atoms with Crippen molar-refractivity contribution in [1.29, 1.82) is 0 Å². The van der Waals surface area contributed by atoms with Crippen molar-refractivity contribution in [3.05, 3.63) is 0 Å². The first-order valence-electron chi connectivity index (χ1n) is 7.09. The van der Waals surface area contributed by atoms with Crippen LogP contribution in [0.3, 0.4) is 0 Å². The van der Waals surface area contributed by atoms with Gasteiger partial charge in [-0.05, 0) is 33.1 Å². The fourth-order valence-electron chi connectivity index (χ4n) is 1.86. The second-order valence-corrected chi connectivity index (χ2v) is 10.5. The second-order valence-electron chi connectivity index (χ2n) is 6.74. The Morgan fingerprint density at radius 3 is 1.96 bits per heavy atom. The highest BCUT2D eigenvalue weighted by Gasteiger charge is 2.30. The third-order valence-electron chi connectivity index (χ3n) is 2.43. The summed E-state index contributed by atoms with van der Waals surface area (Å²) < 4.78 is 54.1. The highest BCUT2D eigenvalue weighted by Crippen LogP contribution is 2.13. The largest absolute Gasteiger partial charge is 0.444 e. The average Bonchev–Trinajstić information content (AvgIpc) is 2.19. The molecule has 142 valence electrons. The summed E-state index contributed by atoms with van der Waals surface area (Å²) in [7, 11) is -7.37. The van der Waals surface area contributed by atoms with Gasteiger partial charge in [0.2, 0.25) is 0 Å². The van der Waals surface area contributed by atoms with E-state index in [2.05, 4.69) is 9.50 Å². The summed E-state index contributed by atoms with van der Waals surface area (Å²) in [5.41, 5.74) is -0.826. The van der Waals surface area contributed by atoms with E-state index < -0.39 is 49.6 Å². The number of nitrogens with one attached hydrogen (secondary N) is 1. The quantitative estimate of drug-likeness (QED) is 0.623. The molecule has 9 nitrogen and oxygen atoms in total. The van der Waals surface area contributed by atoms with Gasteiger partial charge in [-0.1, -0.05) is 6.92 Å². The van der Waals surface area contributed by atoms with Crippen LogP contribution in [-0.4, -0.2) is 58.8 Å². The Morgan fingerprint density at radius 1 is 1.08 bits per heavy atom. The van der Waals surface area contributed by atoms with Crippen LogP contribution in [0.15, 0.2) is 0 Å². The number of ether oxygens (including phenoxy) is 1. The first-order chi connectivity index (χ1) is 10.5. The minimum absolute atomic E-state index is 0.124. The minimum atomic E-state index is -4.07. The molecule has 0 spiro atoms. The number of carbonyl (C=O) groups excluding carboxylic acids is 2. The summed E-state index contributed by atoms with van der Waals surface area (Å²) in [6.45, 7) is 6.40. The molecule has 0 rings (SSSR count). The van der Waals surface area contributed by atoms with Crippen LogP contribution in [0.25, 0.3) is 0 Å². The predicted molar refractivity (Wildman–Crippen MR) is 87.6 cm³/mol. The number of amides is 1. The van der Waals surface area contributed by atoms with Crippen LogP contribution in [0.1, 0.15) is 34.1 Å². The Bertz CT molecular complexity index is 661. The van der Waals surface area contributed by atoms with Crippen LogP contribution in [0, 0.1) is 5.92 Å². The first kappa shape index (κ1) is 22.6. The van der Waals surface area contributed by atoms with Crippen LogP contribution in [0.5, 0.6) is 0 Å². The third-order valence-corrected chi connectivity index (χ3v) is 4.08.